The first-order valence-corrected chi connectivity index (χ1v) is 6.36. The predicted octanol–water partition coefficient (Wildman–Crippen LogP) is 3.22. The molecule has 0 N–H and O–H groups in total. The van der Waals surface area contributed by atoms with Crippen LogP contribution in [0, 0.1) is 17.7 Å². The van der Waals surface area contributed by atoms with Gasteiger partial charge in [0.2, 0.25) is 0 Å². The zero-order valence-electron chi connectivity index (χ0n) is 10.3. The fourth-order valence-electron chi connectivity index (χ4n) is 1.34. The molecule has 0 saturated carbocycles. The number of hydrogen-bond acceptors (Lipinski definition) is 2. The lowest BCUT2D eigenvalue weighted by Gasteiger charge is -2.08. The van der Waals surface area contributed by atoms with Crippen molar-refractivity contribution in [3.05, 3.63) is 29.6 Å². The van der Waals surface area contributed by atoms with Crippen molar-refractivity contribution >= 4 is 11.6 Å². The molecule has 2 nitrogen and oxygen atoms in total. The van der Waals surface area contributed by atoms with Crippen molar-refractivity contribution in [2.75, 3.05) is 25.7 Å². The smallest absolute Gasteiger partial charge is 0.135 e. The Balaban J connectivity index is 2.58. The van der Waals surface area contributed by atoms with Gasteiger partial charge in [-0.05, 0) is 25.1 Å². The fraction of sp³-hybridized carbons (Fsp3) is 0.429. The molecule has 0 bridgehead atoms. The minimum Gasteiger partial charge on any atom is -0.492 e. The maximum Gasteiger partial charge on any atom is 0.135 e. The Morgan fingerprint density at radius 1 is 1.33 bits per heavy atom. The molecule has 98 valence electrons. The number of ether oxygens (including phenoxy) is 2. The molecule has 0 spiro atoms. The van der Waals surface area contributed by atoms with Gasteiger partial charge in [0.15, 0.2) is 0 Å². The van der Waals surface area contributed by atoms with Crippen LogP contribution in [0.5, 0.6) is 5.75 Å². The Labute approximate surface area is 112 Å². The van der Waals surface area contributed by atoms with Gasteiger partial charge in [0, 0.05) is 19.6 Å². The van der Waals surface area contributed by atoms with Crippen LogP contribution in [0.15, 0.2) is 18.2 Å². The van der Waals surface area contributed by atoms with E-state index in [4.69, 9.17) is 21.1 Å². The van der Waals surface area contributed by atoms with E-state index in [1.165, 1.54) is 12.1 Å². The largest absolute Gasteiger partial charge is 0.492 e. The minimum atomic E-state index is -0.337. The number of rotatable bonds is 6. The molecular formula is C14H16ClFO2. The van der Waals surface area contributed by atoms with E-state index < -0.39 is 0 Å². The van der Waals surface area contributed by atoms with Crippen LogP contribution in [-0.4, -0.2) is 25.7 Å². The van der Waals surface area contributed by atoms with Crippen LogP contribution in [0.4, 0.5) is 4.39 Å². The van der Waals surface area contributed by atoms with E-state index in [0.29, 0.717) is 31.1 Å². The number of alkyl halides is 1. The molecular weight excluding hydrogens is 255 g/mol. The van der Waals surface area contributed by atoms with Crippen LogP contribution >= 0.6 is 11.6 Å². The summed E-state index contributed by atoms with van der Waals surface area (Å²) in [4.78, 5) is 0. The Bertz CT molecular complexity index is 424. The van der Waals surface area contributed by atoms with E-state index in [1.54, 1.807) is 6.07 Å². The first-order chi connectivity index (χ1) is 8.77. The Hall–Kier alpha value is -1.24. The Morgan fingerprint density at radius 3 is 2.89 bits per heavy atom. The molecule has 0 aliphatic carbocycles. The molecule has 18 heavy (non-hydrogen) atoms. The molecule has 0 atom stereocenters. The number of benzene rings is 1. The maximum atomic E-state index is 13.1. The third kappa shape index (κ3) is 5.39. The number of hydrogen-bond donors (Lipinski definition) is 0. The van der Waals surface area contributed by atoms with E-state index in [2.05, 4.69) is 11.8 Å². The van der Waals surface area contributed by atoms with Gasteiger partial charge in [-0.15, -0.1) is 11.6 Å². The van der Waals surface area contributed by atoms with Crippen molar-refractivity contribution in [1.82, 2.24) is 0 Å². The lowest BCUT2D eigenvalue weighted by Crippen LogP contribution is -2.04. The van der Waals surface area contributed by atoms with Crippen molar-refractivity contribution < 1.29 is 13.9 Å². The third-order valence-corrected chi connectivity index (χ3v) is 2.26. The van der Waals surface area contributed by atoms with Crippen molar-refractivity contribution in [2.24, 2.45) is 0 Å². The van der Waals surface area contributed by atoms with Gasteiger partial charge in [0.05, 0.1) is 18.1 Å². The van der Waals surface area contributed by atoms with Gasteiger partial charge in [0.1, 0.15) is 11.6 Å². The summed E-state index contributed by atoms with van der Waals surface area (Å²) in [6.07, 6.45) is 0.785. The summed E-state index contributed by atoms with van der Waals surface area (Å²) in [6, 6.07) is 4.27. The lowest BCUT2D eigenvalue weighted by molar-refractivity contribution is 0.131. The Kier molecular flexibility index (Phi) is 7.24. The predicted molar refractivity (Wildman–Crippen MR) is 70.6 cm³/mol. The Morgan fingerprint density at radius 2 is 2.17 bits per heavy atom. The first-order valence-electron chi connectivity index (χ1n) is 5.83. The molecule has 0 aromatic heterocycles. The quantitative estimate of drug-likeness (QED) is 0.449. The summed E-state index contributed by atoms with van der Waals surface area (Å²) in [5.74, 6) is 5.91. The second-order valence-corrected chi connectivity index (χ2v) is 3.74. The molecule has 0 aliphatic heterocycles. The van der Waals surface area contributed by atoms with E-state index in [0.717, 1.165) is 6.42 Å². The van der Waals surface area contributed by atoms with Gasteiger partial charge in [-0.2, -0.15) is 0 Å². The van der Waals surface area contributed by atoms with Crippen LogP contribution in [0.1, 0.15) is 18.9 Å². The van der Waals surface area contributed by atoms with Crippen LogP contribution in [0.25, 0.3) is 0 Å². The van der Waals surface area contributed by atoms with Crippen molar-refractivity contribution in [1.29, 1.82) is 0 Å². The highest BCUT2D eigenvalue weighted by Crippen LogP contribution is 2.18. The SMILES string of the molecule is CCOCCCOc1ccc(F)cc1C#CCCl. The van der Waals surface area contributed by atoms with Crippen molar-refractivity contribution in [3.63, 3.8) is 0 Å². The second-order valence-electron chi connectivity index (χ2n) is 3.47. The zero-order valence-corrected chi connectivity index (χ0v) is 11.1. The van der Waals surface area contributed by atoms with Crippen LogP contribution in [0.3, 0.4) is 0 Å². The zero-order chi connectivity index (χ0) is 13.2. The molecule has 1 aromatic carbocycles. The van der Waals surface area contributed by atoms with Crippen LogP contribution in [-0.2, 0) is 4.74 Å². The molecule has 0 amide bonds. The lowest BCUT2D eigenvalue weighted by atomic mass is 10.2. The fourth-order valence-corrected chi connectivity index (χ4v) is 1.41. The molecule has 0 heterocycles. The highest BCUT2D eigenvalue weighted by molar-refractivity contribution is 6.19. The maximum absolute atomic E-state index is 13.1. The highest BCUT2D eigenvalue weighted by atomic mass is 35.5. The standard InChI is InChI=1S/C14H16ClFO2/c1-2-17-9-4-10-18-14-7-6-13(16)11-12(14)5-3-8-15/h6-7,11H,2,4,8-10H2,1H3. The van der Waals surface area contributed by atoms with Crippen LogP contribution < -0.4 is 4.74 Å². The molecule has 4 heteroatoms. The van der Waals surface area contributed by atoms with Gasteiger partial charge in [-0.3, -0.25) is 0 Å². The summed E-state index contributed by atoms with van der Waals surface area (Å²) >= 11 is 5.48. The van der Waals surface area contributed by atoms with Gasteiger partial charge >= 0.3 is 0 Å². The van der Waals surface area contributed by atoms with E-state index in [1.807, 2.05) is 6.92 Å². The van der Waals surface area contributed by atoms with Gasteiger partial charge in [-0.25, -0.2) is 4.39 Å². The molecule has 0 fully saturated rings. The normalized spacial score (nSPS) is 9.72. The van der Waals surface area contributed by atoms with E-state index in [-0.39, 0.29) is 11.7 Å². The number of halogens is 2. The third-order valence-electron chi connectivity index (χ3n) is 2.13. The summed E-state index contributed by atoms with van der Waals surface area (Å²) in [6.45, 7) is 3.81. The van der Waals surface area contributed by atoms with Gasteiger partial charge in [0.25, 0.3) is 0 Å². The van der Waals surface area contributed by atoms with Crippen LogP contribution in [0.2, 0.25) is 0 Å². The first kappa shape index (κ1) is 14.8. The monoisotopic (exact) mass is 270 g/mol. The minimum absolute atomic E-state index is 0.209. The summed E-state index contributed by atoms with van der Waals surface area (Å²) < 4.78 is 23.8. The van der Waals surface area contributed by atoms with E-state index in [9.17, 15) is 4.39 Å². The summed E-state index contributed by atoms with van der Waals surface area (Å²) in [7, 11) is 0. The molecule has 0 aliphatic rings. The van der Waals surface area contributed by atoms with E-state index >= 15 is 0 Å². The van der Waals surface area contributed by atoms with Gasteiger partial charge in [-0.1, -0.05) is 11.8 Å². The molecule has 1 rings (SSSR count). The molecule has 0 saturated heterocycles. The molecule has 0 radical (unpaired) electrons. The highest BCUT2D eigenvalue weighted by Gasteiger charge is 2.03. The second kappa shape index (κ2) is 8.79. The molecule has 1 aromatic rings. The average Bonchev–Trinajstić information content (AvgIpc) is 2.38. The van der Waals surface area contributed by atoms with Crippen molar-refractivity contribution in [2.45, 2.75) is 13.3 Å². The van der Waals surface area contributed by atoms with Crippen molar-refractivity contribution in [3.8, 4) is 17.6 Å². The summed E-state index contributed by atoms with van der Waals surface area (Å²) in [5, 5.41) is 0. The topological polar surface area (TPSA) is 18.5 Å². The molecule has 0 unspecified atom stereocenters. The average molecular weight is 271 g/mol. The van der Waals surface area contributed by atoms with Gasteiger partial charge < -0.3 is 9.47 Å². The summed E-state index contributed by atoms with van der Waals surface area (Å²) in [5.41, 5.74) is 0.520.